The van der Waals surface area contributed by atoms with Crippen LogP contribution in [0.4, 0.5) is 5.82 Å². The second-order valence-corrected chi connectivity index (χ2v) is 10.3. The zero-order valence-electron chi connectivity index (χ0n) is 16.6. The maximum Gasteiger partial charge on any atom is 0.478 e. The normalized spacial score (nSPS) is 11.8. The SMILES string of the molecule is Cc1ncc(CO)c(N)n1.Cc1ncsc1CCOP(=O)(O)O.O=P(O)(O)OP(=O)(O)O. The van der Waals surface area contributed by atoms with E-state index in [2.05, 4.69) is 23.8 Å². The van der Waals surface area contributed by atoms with Crippen LogP contribution in [0.25, 0.3) is 0 Å². The lowest BCUT2D eigenvalue weighted by molar-refractivity contribution is 0.199. The Kier molecular flexibility index (Phi) is 13.0. The third-order valence-corrected chi connectivity index (χ3v) is 6.05. The van der Waals surface area contributed by atoms with Gasteiger partial charge in [-0.25, -0.2) is 28.6 Å². The predicted molar refractivity (Wildman–Crippen MR) is 111 cm³/mol. The van der Waals surface area contributed by atoms with Crippen LogP contribution < -0.4 is 5.73 Å². The zero-order chi connectivity index (χ0) is 25.2. The van der Waals surface area contributed by atoms with Crippen LogP contribution in [-0.2, 0) is 35.6 Å². The highest BCUT2D eigenvalue weighted by atomic mass is 32.1. The minimum atomic E-state index is -5.05. The van der Waals surface area contributed by atoms with Crippen molar-refractivity contribution in [2.75, 3.05) is 12.3 Å². The Hall–Kier alpha value is -1.16. The number of nitrogens with zero attached hydrogens (tertiary/aromatic N) is 3. The Bertz CT molecular complexity index is 967. The van der Waals surface area contributed by atoms with Gasteiger partial charge in [0.1, 0.15) is 11.6 Å². The first-order valence-electron chi connectivity index (χ1n) is 8.04. The average Bonchev–Trinajstić information content (AvgIpc) is 2.97. The highest BCUT2D eigenvalue weighted by Gasteiger charge is 2.27. The van der Waals surface area contributed by atoms with Gasteiger partial charge < -0.3 is 40.2 Å². The first kappa shape index (κ1) is 30.8. The number of anilines is 1. The summed E-state index contributed by atoms with van der Waals surface area (Å²) in [5, 5.41) is 8.65. The van der Waals surface area contributed by atoms with Crippen molar-refractivity contribution in [2.45, 2.75) is 26.9 Å². The molecule has 0 aromatic carbocycles. The van der Waals surface area contributed by atoms with Crippen molar-refractivity contribution in [3.8, 4) is 0 Å². The number of rotatable bonds is 7. The molecule has 0 aliphatic heterocycles. The molecule has 9 N–H and O–H groups in total. The van der Waals surface area contributed by atoms with Gasteiger partial charge in [0.2, 0.25) is 0 Å². The quantitative estimate of drug-likeness (QED) is 0.217. The molecule has 2 aromatic rings. The largest absolute Gasteiger partial charge is 0.478 e. The van der Waals surface area contributed by atoms with Gasteiger partial charge in [0.05, 0.1) is 24.4 Å². The van der Waals surface area contributed by atoms with E-state index < -0.39 is 23.5 Å². The van der Waals surface area contributed by atoms with E-state index in [1.54, 1.807) is 12.4 Å². The number of nitrogen functional groups attached to an aromatic ring is 1. The van der Waals surface area contributed by atoms with Crippen molar-refractivity contribution in [1.82, 2.24) is 15.0 Å². The Morgan fingerprint density at radius 3 is 1.91 bits per heavy atom. The highest BCUT2D eigenvalue weighted by Crippen LogP contribution is 2.53. The van der Waals surface area contributed by atoms with E-state index in [4.69, 9.17) is 40.2 Å². The van der Waals surface area contributed by atoms with Gasteiger partial charge in [-0.15, -0.1) is 11.3 Å². The summed E-state index contributed by atoms with van der Waals surface area (Å²) >= 11 is 1.46. The number of aryl methyl sites for hydroxylation is 2. The molecule has 0 bridgehead atoms. The number of aromatic nitrogens is 3. The van der Waals surface area contributed by atoms with Crippen molar-refractivity contribution in [3.63, 3.8) is 0 Å². The third kappa shape index (κ3) is 16.5. The molecule has 0 saturated heterocycles. The molecular weight excluding hydrogens is 517 g/mol. The number of phosphoric acid groups is 3. The van der Waals surface area contributed by atoms with Crippen molar-refractivity contribution >= 4 is 40.6 Å². The second-order valence-electron chi connectivity index (χ2n) is 5.48. The molecule has 184 valence electrons. The number of thiazole rings is 1. The predicted octanol–water partition coefficient (Wildman–Crippen LogP) is 0.151. The molecular formula is C12H23N4O12P3S. The Morgan fingerprint density at radius 1 is 1.00 bits per heavy atom. The molecule has 0 aliphatic rings. The van der Waals surface area contributed by atoms with Gasteiger partial charge >= 0.3 is 23.5 Å². The summed E-state index contributed by atoms with van der Waals surface area (Å²) < 4.78 is 36.8. The maximum absolute atomic E-state index is 10.3. The van der Waals surface area contributed by atoms with Gasteiger partial charge in [0, 0.05) is 23.1 Å². The molecule has 16 nitrogen and oxygen atoms in total. The highest BCUT2D eigenvalue weighted by molar-refractivity contribution is 7.60. The lowest BCUT2D eigenvalue weighted by atomic mass is 10.3. The summed E-state index contributed by atoms with van der Waals surface area (Å²) in [4.78, 5) is 60.5. The molecule has 2 rings (SSSR count). The third-order valence-electron chi connectivity index (χ3n) is 2.83. The average molecular weight is 540 g/mol. The number of hydrogen-bond acceptors (Lipinski definition) is 11. The van der Waals surface area contributed by atoms with Crippen LogP contribution in [0.3, 0.4) is 0 Å². The zero-order valence-corrected chi connectivity index (χ0v) is 20.1. The topological polar surface area (TPSA) is 276 Å². The molecule has 0 saturated carbocycles. The number of aliphatic hydroxyl groups is 1. The molecule has 0 radical (unpaired) electrons. The van der Waals surface area contributed by atoms with Crippen molar-refractivity contribution < 1.29 is 57.0 Å². The molecule has 32 heavy (non-hydrogen) atoms. The summed E-state index contributed by atoms with van der Waals surface area (Å²) in [5.41, 5.74) is 8.58. The maximum atomic E-state index is 10.3. The van der Waals surface area contributed by atoms with E-state index in [0.29, 0.717) is 23.6 Å². The fraction of sp³-hybridized carbons (Fsp3) is 0.417. The minimum Gasteiger partial charge on any atom is -0.391 e. The molecule has 20 heteroatoms. The smallest absolute Gasteiger partial charge is 0.391 e. The fourth-order valence-electron chi connectivity index (χ4n) is 1.60. The van der Waals surface area contributed by atoms with E-state index >= 15 is 0 Å². The van der Waals surface area contributed by atoms with Crippen molar-refractivity contribution in [2.24, 2.45) is 0 Å². The van der Waals surface area contributed by atoms with Crippen LogP contribution in [0.2, 0.25) is 0 Å². The van der Waals surface area contributed by atoms with Crippen molar-refractivity contribution in [3.05, 3.63) is 33.7 Å². The van der Waals surface area contributed by atoms with Crippen LogP contribution in [0, 0.1) is 13.8 Å². The summed E-state index contributed by atoms with van der Waals surface area (Å²) in [6.45, 7) is 3.51. The van der Waals surface area contributed by atoms with Gasteiger partial charge in [0.25, 0.3) is 0 Å². The Morgan fingerprint density at radius 2 is 1.56 bits per heavy atom. The fourth-order valence-corrected chi connectivity index (χ4v) is 3.80. The van der Waals surface area contributed by atoms with Crippen LogP contribution in [0.1, 0.15) is 22.0 Å². The Balaban J connectivity index is 0.000000461. The standard InChI is InChI=1S/C6H9N3O.C6H10NO4PS.H4O7P2/c1-4-8-2-5(3-10)6(7)9-4;1-5-6(13-4-7-5)2-3-11-12(8,9)10;1-8(2,3)7-9(4,5)6/h2,10H,3H2,1H3,(H2,7,8,9);4H,2-3H2,1H3,(H2,8,9,10);(H2,1,2,3)(H2,4,5,6). The summed E-state index contributed by atoms with van der Waals surface area (Å²) in [5.74, 6) is 0.977. The monoisotopic (exact) mass is 540 g/mol. The van der Waals surface area contributed by atoms with Crippen LogP contribution >= 0.6 is 34.8 Å². The van der Waals surface area contributed by atoms with Crippen LogP contribution in [0.5, 0.6) is 0 Å². The summed E-state index contributed by atoms with van der Waals surface area (Å²) in [6.07, 6.45) is 2.01. The van der Waals surface area contributed by atoms with Gasteiger partial charge in [-0.2, -0.15) is 4.31 Å². The lowest BCUT2D eigenvalue weighted by Crippen LogP contribution is -2.00. The molecule has 0 aliphatic carbocycles. The van der Waals surface area contributed by atoms with Gasteiger partial charge in [-0.1, -0.05) is 0 Å². The number of hydrogen-bond donors (Lipinski definition) is 8. The van der Waals surface area contributed by atoms with E-state index in [9.17, 15) is 13.7 Å². The minimum absolute atomic E-state index is 0.0211. The molecule has 0 unspecified atom stereocenters. The molecule has 0 atom stereocenters. The molecule has 0 amide bonds. The summed E-state index contributed by atoms with van der Waals surface area (Å²) in [6, 6.07) is 0. The number of aliphatic hydroxyl groups excluding tert-OH is 1. The van der Waals surface area contributed by atoms with Crippen molar-refractivity contribution in [1.29, 1.82) is 0 Å². The van der Waals surface area contributed by atoms with E-state index in [1.165, 1.54) is 17.5 Å². The van der Waals surface area contributed by atoms with Gasteiger partial charge in [-0.05, 0) is 13.8 Å². The summed E-state index contributed by atoms with van der Waals surface area (Å²) in [7, 11) is -14.4. The second kappa shape index (κ2) is 13.5. The lowest BCUT2D eigenvalue weighted by Gasteiger charge is -2.03. The molecule has 2 aromatic heterocycles. The van der Waals surface area contributed by atoms with Crippen LogP contribution in [0.15, 0.2) is 11.7 Å². The van der Waals surface area contributed by atoms with Gasteiger partial charge in [-0.3, -0.25) is 4.52 Å². The van der Waals surface area contributed by atoms with Crippen LogP contribution in [-0.4, -0.2) is 56.0 Å². The first-order chi connectivity index (χ1) is 14.4. The van der Waals surface area contributed by atoms with E-state index in [1.807, 2.05) is 6.92 Å². The molecule has 0 fully saturated rings. The van der Waals surface area contributed by atoms with E-state index in [0.717, 1.165) is 10.6 Å². The van der Waals surface area contributed by atoms with Gasteiger partial charge in [0.15, 0.2) is 0 Å². The molecule has 2 heterocycles. The van der Waals surface area contributed by atoms with E-state index in [-0.39, 0.29) is 13.2 Å². The first-order valence-corrected chi connectivity index (χ1v) is 13.5. The number of phosphoric ester groups is 1. The molecule has 0 spiro atoms. The Labute approximate surface area is 185 Å². The number of nitrogens with two attached hydrogens (primary N) is 1.